The molecule has 3 amide bonds. The number of rotatable bonds is 12. The minimum atomic E-state index is -0.888. The summed E-state index contributed by atoms with van der Waals surface area (Å²) >= 11 is 1.63. The van der Waals surface area contributed by atoms with Crippen molar-refractivity contribution in [2.24, 2.45) is 0 Å². The van der Waals surface area contributed by atoms with Gasteiger partial charge in [0.1, 0.15) is 11.6 Å². The minimum absolute atomic E-state index is 0.00727. The monoisotopic (exact) mass is 719 g/mol. The standard InChI is InChI=1S/C44H53N3O4S/c1-7-8-26-37-30-46(40(48)38-27-18-19-32(2)33(38)3)28-29-47(37)41(49)39(45-42(50)51-43(4,5)6)31-52-44(34-20-12-9-13-21-34,35-22-14-10-15-23-35)36-24-16-11-17-25-36/h9-25,27,37,39H,7-8,26,28-31H2,1-6H3,(H,45,50)/t37-,39-/m0/s1. The summed E-state index contributed by atoms with van der Waals surface area (Å²) in [5.41, 5.74) is 5.23. The molecule has 0 radical (unpaired) electrons. The second-order valence-electron chi connectivity index (χ2n) is 14.6. The zero-order valence-corrected chi connectivity index (χ0v) is 32.2. The Morgan fingerprint density at radius 1 is 0.808 bits per heavy atom. The number of amides is 3. The third-order valence-electron chi connectivity index (χ3n) is 9.78. The van der Waals surface area contributed by atoms with E-state index in [4.69, 9.17) is 4.74 Å². The van der Waals surface area contributed by atoms with Gasteiger partial charge in [-0.25, -0.2) is 4.79 Å². The average Bonchev–Trinajstić information content (AvgIpc) is 3.14. The van der Waals surface area contributed by atoms with Crippen LogP contribution in [0.25, 0.3) is 0 Å². The molecule has 274 valence electrons. The van der Waals surface area contributed by atoms with E-state index in [1.165, 1.54) is 0 Å². The summed E-state index contributed by atoms with van der Waals surface area (Å²) in [4.78, 5) is 46.0. The van der Waals surface area contributed by atoms with Gasteiger partial charge in [-0.15, -0.1) is 11.8 Å². The van der Waals surface area contributed by atoms with Crippen LogP contribution in [0.5, 0.6) is 0 Å². The number of hydrogen-bond donors (Lipinski definition) is 1. The van der Waals surface area contributed by atoms with Crippen molar-refractivity contribution < 1.29 is 19.1 Å². The van der Waals surface area contributed by atoms with E-state index in [2.05, 4.69) is 48.6 Å². The number of aryl methyl sites for hydroxylation is 1. The molecule has 1 fully saturated rings. The fourth-order valence-corrected chi connectivity index (χ4v) is 8.52. The normalized spacial score (nSPS) is 15.5. The summed E-state index contributed by atoms with van der Waals surface area (Å²) in [6, 6.07) is 35.7. The summed E-state index contributed by atoms with van der Waals surface area (Å²) in [7, 11) is 0. The highest BCUT2D eigenvalue weighted by atomic mass is 32.2. The SMILES string of the molecule is CCCC[C@H]1CN(C(=O)c2cccc(C)c2C)CCN1C(=O)[C@H](CSC(c1ccccc1)(c1ccccc1)c1ccccc1)NC(=O)OC(C)(C)C. The van der Waals surface area contributed by atoms with E-state index in [-0.39, 0.29) is 23.6 Å². The number of thioether (sulfide) groups is 1. The molecule has 4 aromatic rings. The molecule has 0 spiro atoms. The molecule has 1 aliphatic heterocycles. The van der Waals surface area contributed by atoms with Gasteiger partial charge in [0.25, 0.3) is 5.91 Å². The van der Waals surface area contributed by atoms with E-state index < -0.39 is 22.5 Å². The fraction of sp³-hybridized carbons (Fsp3) is 0.386. The van der Waals surface area contributed by atoms with Gasteiger partial charge in [0.15, 0.2) is 0 Å². The Hall–Kier alpha value is -4.56. The Balaban J connectivity index is 1.50. The first-order valence-corrected chi connectivity index (χ1v) is 19.4. The highest BCUT2D eigenvalue weighted by Gasteiger charge is 2.41. The summed E-state index contributed by atoms with van der Waals surface area (Å²) in [5.74, 6) is 0.104. The van der Waals surface area contributed by atoms with Gasteiger partial charge in [0.05, 0.1) is 4.75 Å². The highest BCUT2D eigenvalue weighted by Crippen LogP contribution is 2.48. The second kappa shape index (κ2) is 17.3. The van der Waals surface area contributed by atoms with Crippen LogP contribution in [0.4, 0.5) is 4.79 Å². The number of carbonyl (C=O) groups is 3. The molecule has 7 nitrogen and oxygen atoms in total. The van der Waals surface area contributed by atoms with Gasteiger partial charge in [-0.2, -0.15) is 0 Å². The number of ether oxygens (including phenoxy) is 1. The third kappa shape index (κ3) is 9.08. The Morgan fingerprint density at radius 2 is 1.37 bits per heavy atom. The van der Waals surface area contributed by atoms with Crippen LogP contribution in [0.2, 0.25) is 0 Å². The molecule has 52 heavy (non-hydrogen) atoms. The lowest BCUT2D eigenvalue weighted by Crippen LogP contribution is -2.61. The molecule has 1 heterocycles. The van der Waals surface area contributed by atoms with Crippen molar-refractivity contribution in [3.05, 3.63) is 143 Å². The zero-order valence-electron chi connectivity index (χ0n) is 31.4. The van der Waals surface area contributed by atoms with Gasteiger partial charge in [-0.3, -0.25) is 9.59 Å². The summed E-state index contributed by atoms with van der Waals surface area (Å²) < 4.78 is 5.03. The van der Waals surface area contributed by atoms with Gasteiger partial charge in [0, 0.05) is 37.0 Å². The van der Waals surface area contributed by atoms with Crippen LogP contribution in [0.1, 0.15) is 85.1 Å². The Morgan fingerprint density at radius 3 is 1.88 bits per heavy atom. The Bertz CT molecular complexity index is 1700. The number of unbranched alkanes of at least 4 members (excludes halogenated alkanes) is 1. The molecule has 0 unspecified atom stereocenters. The van der Waals surface area contributed by atoms with Crippen molar-refractivity contribution in [1.29, 1.82) is 0 Å². The van der Waals surface area contributed by atoms with Gasteiger partial charge in [-0.05, 0) is 74.9 Å². The summed E-state index contributed by atoms with van der Waals surface area (Å²) in [5, 5.41) is 2.99. The first-order valence-electron chi connectivity index (χ1n) is 18.4. The first kappa shape index (κ1) is 38.7. The summed E-state index contributed by atoms with van der Waals surface area (Å²) in [6.07, 6.45) is 2.00. The van der Waals surface area contributed by atoms with Gasteiger partial charge in [-0.1, -0.05) is 123 Å². The molecule has 2 atom stereocenters. The predicted octanol–water partition coefficient (Wildman–Crippen LogP) is 8.77. The zero-order chi connectivity index (χ0) is 37.3. The van der Waals surface area contributed by atoms with Gasteiger partial charge in [0.2, 0.25) is 5.91 Å². The van der Waals surface area contributed by atoms with Crippen molar-refractivity contribution in [3.8, 4) is 0 Å². The van der Waals surface area contributed by atoms with Crippen molar-refractivity contribution in [2.45, 2.75) is 83.2 Å². The van der Waals surface area contributed by atoms with Crippen molar-refractivity contribution in [3.63, 3.8) is 0 Å². The molecule has 0 aromatic heterocycles. The van der Waals surface area contributed by atoms with E-state index in [0.717, 1.165) is 47.1 Å². The number of nitrogens with zero attached hydrogens (tertiary/aromatic N) is 2. The molecule has 1 aliphatic rings. The second-order valence-corrected chi connectivity index (χ2v) is 15.8. The fourth-order valence-electron chi connectivity index (χ4n) is 6.97. The number of nitrogens with one attached hydrogen (secondary N) is 1. The lowest BCUT2D eigenvalue weighted by molar-refractivity contribution is -0.137. The highest BCUT2D eigenvalue weighted by molar-refractivity contribution is 8.00. The van der Waals surface area contributed by atoms with Crippen LogP contribution in [-0.2, 0) is 14.3 Å². The third-order valence-corrected chi connectivity index (χ3v) is 11.4. The van der Waals surface area contributed by atoms with E-state index in [9.17, 15) is 14.4 Å². The maximum absolute atomic E-state index is 14.9. The van der Waals surface area contributed by atoms with Crippen LogP contribution in [0.15, 0.2) is 109 Å². The van der Waals surface area contributed by atoms with Crippen LogP contribution in [0.3, 0.4) is 0 Å². The van der Waals surface area contributed by atoms with E-state index in [1.54, 1.807) is 11.8 Å². The number of carbonyl (C=O) groups excluding carboxylic acids is 3. The first-order chi connectivity index (χ1) is 24.9. The van der Waals surface area contributed by atoms with Gasteiger partial charge >= 0.3 is 6.09 Å². The number of hydrogen-bond acceptors (Lipinski definition) is 5. The lowest BCUT2D eigenvalue weighted by Gasteiger charge is -2.43. The molecule has 0 saturated carbocycles. The smallest absolute Gasteiger partial charge is 0.408 e. The number of benzene rings is 4. The predicted molar refractivity (Wildman–Crippen MR) is 212 cm³/mol. The van der Waals surface area contributed by atoms with Crippen molar-refractivity contribution >= 4 is 29.7 Å². The maximum Gasteiger partial charge on any atom is 0.408 e. The molecule has 5 rings (SSSR count). The van der Waals surface area contributed by atoms with E-state index in [1.807, 2.05) is 117 Å². The van der Waals surface area contributed by atoms with Crippen LogP contribution < -0.4 is 5.32 Å². The molecule has 8 heteroatoms. The Labute approximate surface area is 314 Å². The quantitative estimate of drug-likeness (QED) is 0.148. The number of alkyl carbamates (subject to hydrolysis) is 1. The Kier molecular flexibility index (Phi) is 12.9. The van der Waals surface area contributed by atoms with E-state index >= 15 is 0 Å². The van der Waals surface area contributed by atoms with Gasteiger partial charge < -0.3 is 19.9 Å². The molecule has 0 bridgehead atoms. The topological polar surface area (TPSA) is 79.0 Å². The van der Waals surface area contributed by atoms with Crippen molar-refractivity contribution in [2.75, 3.05) is 25.4 Å². The lowest BCUT2D eigenvalue weighted by atomic mass is 9.84. The number of piperazine rings is 1. The largest absolute Gasteiger partial charge is 0.444 e. The minimum Gasteiger partial charge on any atom is -0.444 e. The molecular formula is C44H53N3O4S. The van der Waals surface area contributed by atoms with E-state index in [0.29, 0.717) is 25.2 Å². The van der Waals surface area contributed by atoms with Crippen molar-refractivity contribution in [1.82, 2.24) is 15.1 Å². The molecule has 1 N–H and O–H groups in total. The van der Waals surface area contributed by atoms with Crippen LogP contribution in [-0.4, -0.2) is 70.8 Å². The molecule has 4 aromatic carbocycles. The molecular weight excluding hydrogens is 667 g/mol. The average molecular weight is 720 g/mol. The molecule has 0 aliphatic carbocycles. The van der Waals surface area contributed by atoms with Crippen LogP contribution >= 0.6 is 11.8 Å². The summed E-state index contributed by atoms with van der Waals surface area (Å²) in [6.45, 7) is 12.8. The van der Waals surface area contributed by atoms with Crippen LogP contribution in [0, 0.1) is 13.8 Å². The maximum atomic E-state index is 14.9. The molecule has 1 saturated heterocycles.